The molecule has 0 aromatic heterocycles. The Balaban J connectivity index is 1.77. The van der Waals surface area contributed by atoms with Crippen molar-refractivity contribution in [3.8, 4) is 11.5 Å². The van der Waals surface area contributed by atoms with E-state index in [0.717, 1.165) is 5.75 Å². The summed E-state index contributed by atoms with van der Waals surface area (Å²) >= 11 is 0. The van der Waals surface area contributed by atoms with Crippen molar-refractivity contribution in [3.05, 3.63) is 54.6 Å². The quantitative estimate of drug-likeness (QED) is 0.878. The number of nitrogens with one attached hydrogen (secondary N) is 1. The molecule has 118 valence electrons. The molecule has 1 fully saturated rings. The Morgan fingerprint density at radius 1 is 0.957 bits per heavy atom. The predicted octanol–water partition coefficient (Wildman–Crippen LogP) is 3.56. The Labute approximate surface area is 134 Å². The van der Waals surface area contributed by atoms with Gasteiger partial charge in [-0.25, -0.2) is 9.69 Å². The third-order valence-electron chi connectivity index (χ3n) is 3.71. The van der Waals surface area contributed by atoms with Gasteiger partial charge in [0.1, 0.15) is 17.5 Å². The van der Waals surface area contributed by atoms with Gasteiger partial charge in [-0.1, -0.05) is 32.0 Å². The number of amides is 3. The first-order chi connectivity index (χ1) is 11.1. The topological polar surface area (TPSA) is 58.6 Å². The van der Waals surface area contributed by atoms with Crippen molar-refractivity contribution < 1.29 is 14.3 Å². The molecule has 1 aliphatic rings. The third-order valence-corrected chi connectivity index (χ3v) is 3.71. The molecule has 0 radical (unpaired) electrons. The number of carbonyl (C=O) groups is 2. The predicted molar refractivity (Wildman–Crippen MR) is 87.6 cm³/mol. The summed E-state index contributed by atoms with van der Waals surface area (Å²) in [6, 6.07) is 15.5. The summed E-state index contributed by atoms with van der Waals surface area (Å²) in [5, 5.41) is 2.71. The van der Waals surface area contributed by atoms with E-state index in [4.69, 9.17) is 4.74 Å². The van der Waals surface area contributed by atoms with Gasteiger partial charge in [-0.3, -0.25) is 4.79 Å². The molecular weight excluding hydrogens is 292 g/mol. The standard InChI is InChI=1S/C18H18N2O3/c1-12(2)16-17(21)20(18(22)19-16)13-8-10-15(11-9-13)23-14-6-4-3-5-7-14/h3-12,16H,1-2H3,(H,19,22)/t16-/m1/s1. The Morgan fingerprint density at radius 2 is 1.57 bits per heavy atom. The van der Waals surface area contributed by atoms with E-state index >= 15 is 0 Å². The van der Waals surface area contributed by atoms with Gasteiger partial charge in [0.15, 0.2) is 0 Å². The van der Waals surface area contributed by atoms with Crippen molar-refractivity contribution in [3.63, 3.8) is 0 Å². The molecule has 0 bridgehead atoms. The molecule has 3 amide bonds. The minimum Gasteiger partial charge on any atom is -0.457 e. The number of hydrogen-bond donors (Lipinski definition) is 1. The van der Waals surface area contributed by atoms with Crippen molar-refractivity contribution in [2.45, 2.75) is 19.9 Å². The minimum absolute atomic E-state index is 0.0529. The first-order valence-electron chi connectivity index (χ1n) is 7.53. The lowest BCUT2D eigenvalue weighted by Crippen LogP contribution is -2.34. The van der Waals surface area contributed by atoms with E-state index in [9.17, 15) is 9.59 Å². The highest BCUT2D eigenvalue weighted by Crippen LogP contribution is 2.27. The zero-order valence-corrected chi connectivity index (χ0v) is 13.0. The van der Waals surface area contributed by atoms with Crippen molar-refractivity contribution in [2.24, 2.45) is 5.92 Å². The maximum absolute atomic E-state index is 12.3. The largest absolute Gasteiger partial charge is 0.457 e. The fourth-order valence-electron chi connectivity index (χ4n) is 2.48. The van der Waals surface area contributed by atoms with Gasteiger partial charge in [-0.05, 0) is 42.3 Å². The van der Waals surface area contributed by atoms with Crippen LogP contribution in [0.15, 0.2) is 54.6 Å². The van der Waals surface area contributed by atoms with Crippen LogP contribution in [0, 0.1) is 5.92 Å². The SMILES string of the molecule is CC(C)[C@H]1NC(=O)N(c2ccc(Oc3ccccc3)cc2)C1=O. The highest BCUT2D eigenvalue weighted by atomic mass is 16.5. The minimum atomic E-state index is -0.470. The van der Waals surface area contributed by atoms with Crippen LogP contribution in [-0.2, 0) is 4.79 Å². The van der Waals surface area contributed by atoms with E-state index in [1.807, 2.05) is 44.2 Å². The second kappa shape index (κ2) is 6.12. The van der Waals surface area contributed by atoms with Crippen LogP contribution < -0.4 is 15.0 Å². The maximum Gasteiger partial charge on any atom is 0.329 e. The molecule has 1 aliphatic heterocycles. The first-order valence-corrected chi connectivity index (χ1v) is 7.53. The summed E-state index contributed by atoms with van der Waals surface area (Å²) in [4.78, 5) is 25.6. The molecule has 23 heavy (non-hydrogen) atoms. The van der Waals surface area contributed by atoms with Crippen LogP contribution in [0.25, 0.3) is 0 Å². The number of urea groups is 1. The lowest BCUT2D eigenvalue weighted by Gasteiger charge is -2.15. The summed E-state index contributed by atoms with van der Waals surface area (Å²) in [7, 11) is 0. The summed E-state index contributed by atoms with van der Waals surface area (Å²) in [5.74, 6) is 1.21. The second-order valence-electron chi connectivity index (χ2n) is 5.75. The lowest BCUT2D eigenvalue weighted by atomic mass is 10.0. The van der Waals surface area contributed by atoms with E-state index in [-0.39, 0.29) is 17.9 Å². The average Bonchev–Trinajstić information content (AvgIpc) is 2.84. The van der Waals surface area contributed by atoms with E-state index in [1.165, 1.54) is 4.90 Å². The Morgan fingerprint density at radius 3 is 2.13 bits per heavy atom. The first kappa shape index (κ1) is 15.1. The molecule has 1 N–H and O–H groups in total. The Bertz CT molecular complexity index is 711. The molecule has 5 nitrogen and oxygen atoms in total. The van der Waals surface area contributed by atoms with E-state index in [0.29, 0.717) is 11.4 Å². The van der Waals surface area contributed by atoms with Crippen molar-refractivity contribution >= 4 is 17.6 Å². The number of benzene rings is 2. The molecule has 0 unspecified atom stereocenters. The van der Waals surface area contributed by atoms with Crippen molar-refractivity contribution in [1.82, 2.24) is 5.32 Å². The van der Waals surface area contributed by atoms with Gasteiger partial charge in [0.05, 0.1) is 5.69 Å². The number of hydrogen-bond acceptors (Lipinski definition) is 3. The van der Waals surface area contributed by atoms with Crippen LogP contribution in [0.5, 0.6) is 11.5 Å². The maximum atomic E-state index is 12.3. The van der Waals surface area contributed by atoms with Gasteiger partial charge in [-0.15, -0.1) is 0 Å². The molecule has 5 heteroatoms. The van der Waals surface area contributed by atoms with Gasteiger partial charge >= 0.3 is 6.03 Å². The smallest absolute Gasteiger partial charge is 0.329 e. The fraction of sp³-hybridized carbons (Fsp3) is 0.222. The summed E-state index contributed by atoms with van der Waals surface area (Å²) in [5.41, 5.74) is 0.538. The van der Waals surface area contributed by atoms with Crippen LogP contribution in [-0.4, -0.2) is 18.0 Å². The van der Waals surface area contributed by atoms with Crippen LogP contribution in [0.3, 0.4) is 0 Å². The van der Waals surface area contributed by atoms with E-state index in [2.05, 4.69) is 5.32 Å². The van der Waals surface area contributed by atoms with Gasteiger partial charge < -0.3 is 10.1 Å². The molecule has 0 spiro atoms. The number of anilines is 1. The number of imide groups is 1. The Kier molecular flexibility index (Phi) is 4.02. The summed E-state index contributed by atoms with van der Waals surface area (Å²) in [6.45, 7) is 3.81. The van der Waals surface area contributed by atoms with Gasteiger partial charge in [-0.2, -0.15) is 0 Å². The molecule has 0 saturated carbocycles. The number of ether oxygens (including phenoxy) is 1. The van der Waals surface area contributed by atoms with E-state index < -0.39 is 6.04 Å². The number of carbonyl (C=O) groups excluding carboxylic acids is 2. The summed E-state index contributed by atoms with van der Waals surface area (Å²) in [6.07, 6.45) is 0. The molecule has 1 heterocycles. The normalized spacial score (nSPS) is 17.5. The molecular formula is C18H18N2O3. The zero-order valence-electron chi connectivity index (χ0n) is 13.0. The van der Waals surface area contributed by atoms with Gasteiger partial charge in [0, 0.05) is 0 Å². The molecule has 2 aromatic carbocycles. The number of para-hydroxylation sites is 1. The van der Waals surface area contributed by atoms with E-state index in [1.54, 1.807) is 24.3 Å². The molecule has 1 atom stereocenters. The highest BCUT2D eigenvalue weighted by molar-refractivity contribution is 6.21. The van der Waals surface area contributed by atoms with Crippen molar-refractivity contribution in [1.29, 1.82) is 0 Å². The fourth-order valence-corrected chi connectivity index (χ4v) is 2.48. The van der Waals surface area contributed by atoms with Crippen LogP contribution in [0.2, 0.25) is 0 Å². The zero-order chi connectivity index (χ0) is 16.4. The van der Waals surface area contributed by atoms with Gasteiger partial charge in [0.2, 0.25) is 0 Å². The van der Waals surface area contributed by atoms with Crippen LogP contribution in [0.4, 0.5) is 10.5 Å². The monoisotopic (exact) mass is 310 g/mol. The van der Waals surface area contributed by atoms with Crippen LogP contribution >= 0.6 is 0 Å². The highest BCUT2D eigenvalue weighted by Gasteiger charge is 2.40. The number of rotatable bonds is 4. The van der Waals surface area contributed by atoms with Crippen LogP contribution in [0.1, 0.15) is 13.8 Å². The second-order valence-corrected chi connectivity index (χ2v) is 5.75. The summed E-state index contributed by atoms with van der Waals surface area (Å²) < 4.78 is 5.71. The van der Waals surface area contributed by atoms with Gasteiger partial charge in [0.25, 0.3) is 5.91 Å². The number of nitrogens with zero attached hydrogens (tertiary/aromatic N) is 1. The molecule has 2 aromatic rings. The molecule has 1 saturated heterocycles. The Hall–Kier alpha value is -2.82. The molecule has 3 rings (SSSR count). The third kappa shape index (κ3) is 3.04. The lowest BCUT2D eigenvalue weighted by molar-refractivity contribution is -0.119. The molecule has 0 aliphatic carbocycles. The average molecular weight is 310 g/mol. The van der Waals surface area contributed by atoms with Crippen molar-refractivity contribution in [2.75, 3.05) is 4.90 Å².